The molecule has 2 aliphatic heterocycles. The van der Waals surface area contributed by atoms with Crippen LogP contribution in [0.2, 0.25) is 0 Å². The normalized spacial score (nSPS) is 16.2. The van der Waals surface area contributed by atoms with E-state index in [0.717, 1.165) is 37.1 Å². The van der Waals surface area contributed by atoms with E-state index in [1.54, 1.807) is 48.8 Å². The van der Waals surface area contributed by atoms with Crippen LogP contribution < -0.4 is 24.8 Å². The molecule has 1 atom stereocenters. The van der Waals surface area contributed by atoms with Crippen molar-refractivity contribution >= 4 is 32.4 Å². The number of nitrogens with zero attached hydrogens (tertiary/aromatic N) is 3. The number of hydrogen-bond donors (Lipinski definition) is 3. The van der Waals surface area contributed by atoms with Crippen molar-refractivity contribution in [2.45, 2.75) is 37.1 Å². The highest BCUT2D eigenvalue weighted by atomic mass is 32.2. The Morgan fingerprint density at radius 2 is 1.93 bits per heavy atom. The summed E-state index contributed by atoms with van der Waals surface area (Å²) in [4.78, 5) is 13.6. The molecule has 0 bridgehead atoms. The first-order valence-corrected chi connectivity index (χ1v) is 16.3. The largest absolute Gasteiger partial charge is 0.493 e. The number of sulfonamides is 1. The molecular formula is C33H31FN6O4S. The number of piperidine rings is 1. The Bertz CT molecular complexity index is 2020. The van der Waals surface area contributed by atoms with Gasteiger partial charge in [-0.15, -0.1) is 0 Å². The predicted molar refractivity (Wildman–Crippen MR) is 170 cm³/mol. The maximum atomic E-state index is 15.3. The van der Waals surface area contributed by atoms with Crippen molar-refractivity contribution in [2.75, 3.05) is 29.7 Å². The van der Waals surface area contributed by atoms with E-state index in [1.807, 2.05) is 13.0 Å². The molecule has 5 aromatic rings. The zero-order valence-corrected chi connectivity index (χ0v) is 25.3. The fraction of sp³-hybridized carbons (Fsp3) is 0.242. The molecule has 0 radical (unpaired) electrons. The van der Waals surface area contributed by atoms with Crippen LogP contribution in [0, 0.1) is 12.7 Å². The summed E-state index contributed by atoms with van der Waals surface area (Å²) in [7, 11) is -4.14. The minimum Gasteiger partial charge on any atom is -0.493 e. The summed E-state index contributed by atoms with van der Waals surface area (Å²) in [6.07, 6.45) is 6.14. The third kappa shape index (κ3) is 5.86. The van der Waals surface area contributed by atoms with Gasteiger partial charge in [-0.1, -0.05) is 18.2 Å². The predicted octanol–water partition coefficient (Wildman–Crippen LogP) is 5.83. The number of ether oxygens (including phenoxy) is 2. The molecule has 2 aliphatic rings. The van der Waals surface area contributed by atoms with Crippen LogP contribution >= 0.6 is 0 Å². The van der Waals surface area contributed by atoms with Gasteiger partial charge in [-0.25, -0.2) is 27.8 Å². The highest BCUT2D eigenvalue weighted by Gasteiger charge is 2.24. The second kappa shape index (κ2) is 11.9. The molecule has 12 heteroatoms. The van der Waals surface area contributed by atoms with Gasteiger partial charge in [0.25, 0.3) is 10.0 Å². The van der Waals surface area contributed by atoms with Crippen LogP contribution in [0.5, 0.6) is 17.4 Å². The van der Waals surface area contributed by atoms with Gasteiger partial charge in [0.15, 0.2) is 0 Å². The molecule has 0 saturated carbocycles. The van der Waals surface area contributed by atoms with Gasteiger partial charge in [0, 0.05) is 48.2 Å². The van der Waals surface area contributed by atoms with Gasteiger partial charge in [-0.05, 0) is 73.8 Å². The van der Waals surface area contributed by atoms with Gasteiger partial charge < -0.3 is 20.1 Å². The van der Waals surface area contributed by atoms with Gasteiger partial charge >= 0.3 is 0 Å². The molecule has 45 heavy (non-hydrogen) atoms. The zero-order valence-electron chi connectivity index (χ0n) is 24.5. The number of halogens is 1. The van der Waals surface area contributed by atoms with Crippen molar-refractivity contribution in [3.8, 4) is 28.6 Å². The molecule has 10 nitrogen and oxygen atoms in total. The summed E-state index contributed by atoms with van der Waals surface area (Å²) in [5, 5.41) is 7.63. The standard InChI is InChI=1S/C33H31FN6O4S/c1-20-6-9-24-25(10-11-27(34)30(24)40-45(41,42)23-8-7-21-13-17-43-29(21)18-23)31(20)44-32-26(5-3-15-36-32)28-12-16-37-33(39-28)38-22-4-2-14-35-19-22/h3,5-12,15-16,18,22,35,40H,2,4,13-14,17,19H2,1H3,(H,37,38,39)/t22-/m0/s1. The Hall–Kier alpha value is -4.81. The molecule has 1 saturated heterocycles. The second-order valence-corrected chi connectivity index (χ2v) is 12.8. The lowest BCUT2D eigenvalue weighted by molar-refractivity contribution is 0.356. The Labute approximate surface area is 260 Å². The van der Waals surface area contributed by atoms with Crippen LogP contribution in [0.15, 0.2) is 78.0 Å². The molecule has 2 aromatic heterocycles. The summed E-state index contributed by atoms with van der Waals surface area (Å²) >= 11 is 0. The van der Waals surface area contributed by atoms with Crippen molar-refractivity contribution in [3.05, 3.63) is 90.0 Å². The highest BCUT2D eigenvalue weighted by Crippen LogP contribution is 2.40. The Morgan fingerprint density at radius 1 is 1.04 bits per heavy atom. The van der Waals surface area contributed by atoms with Crippen LogP contribution in [0.4, 0.5) is 16.0 Å². The molecule has 1 fully saturated rings. The monoisotopic (exact) mass is 626 g/mol. The summed E-state index contributed by atoms with van der Waals surface area (Å²) < 4.78 is 56.6. The fourth-order valence-corrected chi connectivity index (χ4v) is 6.81. The molecule has 0 unspecified atom stereocenters. The van der Waals surface area contributed by atoms with Gasteiger partial charge in [-0.2, -0.15) is 0 Å². The molecular weight excluding hydrogens is 595 g/mol. The van der Waals surface area contributed by atoms with Gasteiger partial charge in [0.2, 0.25) is 11.8 Å². The van der Waals surface area contributed by atoms with Crippen LogP contribution in [0.25, 0.3) is 22.0 Å². The van der Waals surface area contributed by atoms with E-state index in [0.29, 0.717) is 58.4 Å². The van der Waals surface area contributed by atoms with Gasteiger partial charge in [0.05, 0.1) is 28.4 Å². The topological polar surface area (TPSA) is 127 Å². The molecule has 7 rings (SSSR count). The van der Waals surface area contributed by atoms with E-state index in [2.05, 4.69) is 25.3 Å². The molecule has 0 spiro atoms. The lowest BCUT2D eigenvalue weighted by atomic mass is 10.0. The number of aryl methyl sites for hydroxylation is 1. The van der Waals surface area contributed by atoms with Crippen LogP contribution in [0.3, 0.4) is 0 Å². The maximum absolute atomic E-state index is 15.3. The maximum Gasteiger partial charge on any atom is 0.262 e. The van der Waals surface area contributed by atoms with Crippen molar-refractivity contribution < 1.29 is 22.3 Å². The number of aromatic nitrogens is 3. The van der Waals surface area contributed by atoms with Crippen molar-refractivity contribution in [1.82, 2.24) is 20.3 Å². The summed E-state index contributed by atoms with van der Waals surface area (Å²) in [6, 6.07) is 16.6. The first kappa shape index (κ1) is 28.9. The average molecular weight is 627 g/mol. The summed E-state index contributed by atoms with van der Waals surface area (Å²) in [6.45, 7) is 4.21. The van der Waals surface area contributed by atoms with Crippen molar-refractivity contribution in [1.29, 1.82) is 0 Å². The molecule has 230 valence electrons. The number of anilines is 2. The Kier molecular flexibility index (Phi) is 7.68. The highest BCUT2D eigenvalue weighted by molar-refractivity contribution is 7.92. The van der Waals surface area contributed by atoms with Gasteiger partial charge in [0.1, 0.15) is 17.3 Å². The molecule has 3 aromatic carbocycles. The Morgan fingerprint density at radius 3 is 2.80 bits per heavy atom. The van der Waals surface area contributed by atoms with Crippen molar-refractivity contribution in [2.24, 2.45) is 0 Å². The lowest BCUT2D eigenvalue weighted by Crippen LogP contribution is -2.38. The van der Waals surface area contributed by atoms with Crippen LogP contribution in [-0.2, 0) is 16.4 Å². The van der Waals surface area contributed by atoms with E-state index in [1.165, 1.54) is 18.2 Å². The Balaban J connectivity index is 1.22. The quantitative estimate of drug-likeness (QED) is 0.195. The van der Waals surface area contributed by atoms with E-state index < -0.39 is 15.8 Å². The van der Waals surface area contributed by atoms with Crippen LogP contribution in [-0.4, -0.2) is 49.1 Å². The van der Waals surface area contributed by atoms with E-state index >= 15 is 4.39 Å². The molecule has 4 heterocycles. The second-order valence-electron chi connectivity index (χ2n) is 11.1. The smallest absolute Gasteiger partial charge is 0.262 e. The first-order chi connectivity index (χ1) is 21.9. The third-order valence-corrected chi connectivity index (χ3v) is 9.39. The van der Waals surface area contributed by atoms with E-state index in [-0.39, 0.29) is 16.6 Å². The molecule has 0 amide bonds. The SMILES string of the molecule is Cc1ccc2c(NS(=O)(=O)c3ccc4c(c3)OCC4)c(F)ccc2c1Oc1ncccc1-c1ccnc(N[C@H]2CCCNC2)n1. The number of fused-ring (bicyclic) bond motifs is 2. The van der Waals surface area contributed by atoms with Crippen molar-refractivity contribution in [3.63, 3.8) is 0 Å². The number of benzene rings is 3. The van der Waals surface area contributed by atoms with E-state index in [4.69, 9.17) is 14.5 Å². The average Bonchev–Trinajstić information content (AvgIpc) is 3.53. The lowest BCUT2D eigenvalue weighted by Gasteiger charge is -2.23. The first-order valence-electron chi connectivity index (χ1n) is 14.8. The minimum atomic E-state index is -4.14. The van der Waals surface area contributed by atoms with E-state index in [9.17, 15) is 8.42 Å². The number of rotatable bonds is 8. The minimum absolute atomic E-state index is 0.0141. The summed E-state index contributed by atoms with van der Waals surface area (Å²) in [5.74, 6) is 1.03. The molecule has 0 aliphatic carbocycles. The zero-order chi connectivity index (χ0) is 31.0. The number of pyridine rings is 1. The fourth-order valence-electron chi connectivity index (χ4n) is 5.71. The third-order valence-electron chi connectivity index (χ3n) is 8.04. The number of hydrogen-bond acceptors (Lipinski definition) is 9. The van der Waals surface area contributed by atoms with Gasteiger partial charge in [-0.3, -0.25) is 4.72 Å². The van der Waals surface area contributed by atoms with Crippen LogP contribution in [0.1, 0.15) is 24.0 Å². The number of nitrogens with one attached hydrogen (secondary N) is 3. The summed E-state index contributed by atoms with van der Waals surface area (Å²) in [5.41, 5.74) is 2.78. The molecule has 3 N–H and O–H groups in total.